The Labute approximate surface area is 323 Å². The monoisotopic (exact) mass is 718 g/mol. The molecule has 6 heteroatoms. The molecule has 0 radical (unpaired) electrons. The van der Waals surface area contributed by atoms with Gasteiger partial charge < -0.3 is 9.41 Å². The molecule has 56 heavy (non-hydrogen) atoms. The largest absolute Gasteiger partial charge is 0.361 e. The Morgan fingerprint density at radius 3 is 1.75 bits per heavy atom. The summed E-state index contributed by atoms with van der Waals surface area (Å²) < 4.78 is 2.08. The van der Waals surface area contributed by atoms with Gasteiger partial charge in [-0.2, -0.15) is 0 Å². The van der Waals surface area contributed by atoms with Crippen molar-refractivity contribution in [1.82, 2.24) is 9.55 Å². The van der Waals surface area contributed by atoms with Crippen LogP contribution >= 0.6 is 0 Å². The smallest absolute Gasteiger partial charge is 0.270 e. The predicted molar refractivity (Wildman–Crippen MR) is 224 cm³/mol. The Bertz CT molecular complexity index is 3010. The van der Waals surface area contributed by atoms with E-state index in [9.17, 15) is 4.79 Å². The highest BCUT2D eigenvalue weighted by Gasteiger charge is 2.41. The van der Waals surface area contributed by atoms with E-state index in [2.05, 4.69) is 50.8 Å². The van der Waals surface area contributed by atoms with Crippen molar-refractivity contribution in [1.29, 1.82) is 0 Å². The summed E-state index contributed by atoms with van der Waals surface area (Å²) in [6.07, 6.45) is 0. The van der Waals surface area contributed by atoms with Crippen LogP contribution in [0, 0.1) is 6.57 Å². The zero-order valence-electron chi connectivity index (χ0n) is 29.9. The molecule has 0 N–H and O–H groups in total. The van der Waals surface area contributed by atoms with Gasteiger partial charge >= 0.3 is 0 Å². The van der Waals surface area contributed by atoms with Gasteiger partial charge in [0.25, 0.3) is 17.6 Å². The highest BCUT2D eigenvalue weighted by molar-refractivity contribution is 6.37. The van der Waals surface area contributed by atoms with Crippen LogP contribution in [0.5, 0.6) is 0 Å². The molecule has 7 aromatic carbocycles. The third kappa shape index (κ3) is 5.22. The van der Waals surface area contributed by atoms with Gasteiger partial charge in [-0.3, -0.25) is 9.59 Å². The Morgan fingerprint density at radius 1 is 0.464 bits per heavy atom. The van der Waals surface area contributed by atoms with Crippen molar-refractivity contribution in [2.75, 3.05) is 4.90 Å². The van der Waals surface area contributed by atoms with Crippen LogP contribution in [0.1, 0.15) is 20.7 Å². The van der Waals surface area contributed by atoms with Gasteiger partial charge in [-0.15, -0.1) is 4.98 Å². The summed E-state index contributed by atoms with van der Waals surface area (Å²) in [7, 11) is 0. The molecule has 1 aliphatic rings. The van der Waals surface area contributed by atoms with Gasteiger partial charge in [-0.1, -0.05) is 134 Å². The lowest BCUT2D eigenvalue weighted by atomic mass is 9.90. The minimum atomic E-state index is -0.393. The van der Waals surface area contributed by atoms with E-state index in [1.165, 1.54) is 4.90 Å². The molecule has 1 aliphatic heterocycles. The maximum absolute atomic E-state index is 15.3. The second-order valence-corrected chi connectivity index (χ2v) is 13.7. The number of para-hydroxylation sites is 1. The molecule has 0 fully saturated rings. The number of anilines is 1. The molecule has 3 heterocycles. The fourth-order valence-corrected chi connectivity index (χ4v) is 8.04. The molecular weight excluding hydrogens is 689 g/mol. The number of rotatable bonds is 6. The zero-order chi connectivity index (χ0) is 37.8. The van der Waals surface area contributed by atoms with Gasteiger partial charge in [-0.05, 0) is 76.9 Å². The van der Waals surface area contributed by atoms with Crippen molar-refractivity contribution in [2.24, 2.45) is 0 Å². The van der Waals surface area contributed by atoms with E-state index in [1.807, 2.05) is 133 Å². The number of imide groups is 1. The molecule has 10 rings (SSSR count). The third-order valence-corrected chi connectivity index (χ3v) is 10.6. The topological polar surface area (TPSA) is 59.6 Å². The zero-order valence-corrected chi connectivity index (χ0v) is 29.9. The summed E-state index contributed by atoms with van der Waals surface area (Å²) in [5, 5.41) is 2.00. The van der Waals surface area contributed by atoms with E-state index < -0.39 is 5.91 Å². The summed E-state index contributed by atoms with van der Waals surface area (Å²) in [4.78, 5) is 39.8. The lowest BCUT2D eigenvalue weighted by Gasteiger charge is -2.24. The Morgan fingerprint density at radius 2 is 1.07 bits per heavy atom. The van der Waals surface area contributed by atoms with Crippen molar-refractivity contribution >= 4 is 45.1 Å². The van der Waals surface area contributed by atoms with E-state index in [0.717, 1.165) is 60.8 Å². The van der Waals surface area contributed by atoms with Gasteiger partial charge in [0.15, 0.2) is 5.69 Å². The van der Waals surface area contributed by atoms with Crippen LogP contribution in [0.2, 0.25) is 0 Å². The lowest BCUT2D eigenvalue weighted by molar-refractivity contribution is 0.0926. The molecule has 0 unspecified atom stereocenters. The van der Waals surface area contributed by atoms with E-state index in [4.69, 9.17) is 6.57 Å². The molecule has 0 atom stereocenters. The van der Waals surface area contributed by atoms with Crippen molar-refractivity contribution in [3.05, 3.63) is 205 Å². The van der Waals surface area contributed by atoms with E-state index >= 15 is 4.79 Å². The van der Waals surface area contributed by atoms with Crippen LogP contribution in [0.25, 0.3) is 77.0 Å². The first kappa shape index (κ1) is 32.7. The molecule has 6 nitrogen and oxygen atoms in total. The van der Waals surface area contributed by atoms with Crippen LogP contribution in [-0.4, -0.2) is 21.4 Å². The quantitative estimate of drug-likeness (QED) is 0.127. The number of carbonyl (C=O) groups is 2. The molecule has 0 saturated heterocycles. The Hall–Kier alpha value is -7.88. The number of hydrogen-bond donors (Lipinski definition) is 0. The summed E-state index contributed by atoms with van der Waals surface area (Å²) in [6.45, 7) is 7.51. The minimum Gasteiger partial charge on any atom is -0.361 e. The van der Waals surface area contributed by atoms with Crippen molar-refractivity contribution in [3.8, 4) is 50.3 Å². The van der Waals surface area contributed by atoms with Crippen LogP contribution < -0.4 is 4.90 Å². The molecule has 262 valence electrons. The fraction of sp³-hybridized carbons (Fsp3) is 0. The van der Waals surface area contributed by atoms with E-state index in [1.54, 1.807) is 12.1 Å². The average Bonchev–Trinajstić information content (AvgIpc) is 3.73. The van der Waals surface area contributed by atoms with Gasteiger partial charge in [-0.25, -0.2) is 4.90 Å². The van der Waals surface area contributed by atoms with Gasteiger partial charge in [0.2, 0.25) is 0 Å². The number of carbonyl (C=O) groups excluding carboxylic acids is 2. The summed E-state index contributed by atoms with van der Waals surface area (Å²) in [6, 6.07) is 59.4. The van der Waals surface area contributed by atoms with Crippen LogP contribution in [0.15, 0.2) is 182 Å². The summed E-state index contributed by atoms with van der Waals surface area (Å²) in [5.41, 5.74) is 10.4. The molecule has 0 aliphatic carbocycles. The second kappa shape index (κ2) is 13.2. The molecule has 0 spiro atoms. The number of amides is 2. The lowest BCUT2D eigenvalue weighted by Crippen LogP contribution is -2.30. The number of benzene rings is 7. The second-order valence-electron chi connectivity index (χ2n) is 13.7. The van der Waals surface area contributed by atoms with Crippen LogP contribution in [0.3, 0.4) is 0 Å². The standard InChI is InChI=1S/C50H30N4O2/c1-51-46-26-14-23-42(52-46)35-27-28-38-37-21-11-12-24-43(37)53(45(38)31-35)44-25-13-22-39-47(44)50(56)54(49(39)55)48-40(33-17-7-3-8-18-33)29-36(32-15-5-2-6-16-32)30-41(48)34-19-9-4-10-20-34/h2-31H. The molecule has 0 saturated carbocycles. The van der Waals surface area contributed by atoms with E-state index in [-0.39, 0.29) is 5.91 Å². The van der Waals surface area contributed by atoms with Gasteiger partial charge in [0.1, 0.15) is 0 Å². The predicted octanol–water partition coefficient (Wildman–Crippen LogP) is 12.2. The number of hydrogen-bond acceptors (Lipinski definition) is 3. The van der Waals surface area contributed by atoms with Gasteiger partial charge in [0, 0.05) is 27.5 Å². The maximum atomic E-state index is 15.3. The minimum absolute atomic E-state index is 0.315. The Kier molecular flexibility index (Phi) is 7.72. The van der Waals surface area contributed by atoms with Crippen LogP contribution in [0.4, 0.5) is 11.5 Å². The average molecular weight is 719 g/mol. The summed E-state index contributed by atoms with van der Waals surface area (Å²) in [5.74, 6) is -0.457. The third-order valence-electron chi connectivity index (χ3n) is 10.6. The van der Waals surface area contributed by atoms with Crippen molar-refractivity contribution in [2.45, 2.75) is 0 Å². The molecular formula is C50H30N4O2. The molecule has 9 aromatic rings. The molecule has 2 aromatic heterocycles. The molecule has 0 bridgehead atoms. The molecule has 2 amide bonds. The first-order valence-corrected chi connectivity index (χ1v) is 18.3. The number of pyridine rings is 1. The van der Waals surface area contributed by atoms with Crippen LogP contribution in [-0.2, 0) is 0 Å². The highest BCUT2D eigenvalue weighted by atomic mass is 16.2. The van der Waals surface area contributed by atoms with Crippen molar-refractivity contribution in [3.63, 3.8) is 0 Å². The normalized spacial score (nSPS) is 12.3. The fourth-order valence-electron chi connectivity index (χ4n) is 8.04. The SMILES string of the molecule is [C-]#[N+]c1cccc(-c2ccc3c4ccccc4n(-c4cccc5c4C(=O)N(c4c(-c6ccccc6)cc(-c6ccccc6)cc4-c4ccccc4)C5=O)c3c2)n1. The number of fused-ring (bicyclic) bond motifs is 4. The number of aromatic nitrogens is 2. The summed E-state index contributed by atoms with van der Waals surface area (Å²) >= 11 is 0. The first-order chi connectivity index (χ1) is 27.6. The van der Waals surface area contributed by atoms with Gasteiger partial charge in [0.05, 0.1) is 33.5 Å². The van der Waals surface area contributed by atoms with Crippen molar-refractivity contribution < 1.29 is 9.59 Å². The Balaban J connectivity index is 1.22. The number of nitrogens with zero attached hydrogens (tertiary/aromatic N) is 4. The van der Waals surface area contributed by atoms with E-state index in [0.29, 0.717) is 34.0 Å². The first-order valence-electron chi connectivity index (χ1n) is 18.3. The maximum Gasteiger partial charge on any atom is 0.270 e. The highest BCUT2D eigenvalue weighted by Crippen LogP contribution is 2.47.